The minimum Gasteiger partial charge on any atom is -0.415 e. The fraction of sp³-hybridized carbons (Fsp3) is 0.105. The predicted octanol–water partition coefficient (Wildman–Crippen LogP) is 3.34. The van der Waals surface area contributed by atoms with Gasteiger partial charge in [0.25, 0.3) is 11.4 Å². The van der Waals surface area contributed by atoms with Gasteiger partial charge >= 0.3 is 6.43 Å². The van der Waals surface area contributed by atoms with Crippen molar-refractivity contribution >= 4 is 0 Å². The van der Waals surface area contributed by atoms with Crippen LogP contribution in [0.25, 0.3) is 22.6 Å². The highest BCUT2D eigenvalue weighted by Crippen LogP contribution is 2.22. The molecule has 0 saturated heterocycles. The van der Waals surface area contributed by atoms with E-state index >= 15 is 0 Å². The summed E-state index contributed by atoms with van der Waals surface area (Å²) in [5, 5.41) is 6.86. The molecule has 7 nitrogen and oxygen atoms in total. The maximum absolute atomic E-state index is 12.7. The van der Waals surface area contributed by atoms with Gasteiger partial charge in [-0.25, -0.2) is 4.98 Å². The molecule has 4 aromatic rings. The number of benzene rings is 1. The number of hydrogen-bond acceptors (Lipinski definition) is 6. The van der Waals surface area contributed by atoms with Gasteiger partial charge in [0, 0.05) is 12.4 Å². The Bertz CT molecular complexity index is 1140. The van der Waals surface area contributed by atoms with Crippen LogP contribution in [0, 0.1) is 0 Å². The summed E-state index contributed by atoms with van der Waals surface area (Å²) in [7, 11) is 0. The van der Waals surface area contributed by atoms with Crippen LogP contribution in [0.15, 0.2) is 70.4 Å². The predicted molar refractivity (Wildman–Crippen MR) is 95.5 cm³/mol. The van der Waals surface area contributed by atoms with Crippen LogP contribution in [-0.4, -0.2) is 24.7 Å². The Morgan fingerprint density at radius 3 is 2.50 bits per heavy atom. The van der Waals surface area contributed by atoms with E-state index in [-0.39, 0.29) is 18.0 Å². The lowest BCUT2D eigenvalue weighted by molar-refractivity contribution is 0.116. The highest BCUT2D eigenvalue weighted by Gasteiger charge is 2.17. The van der Waals surface area contributed by atoms with E-state index in [0.29, 0.717) is 16.8 Å². The number of pyridine rings is 1. The molecule has 0 amide bonds. The first kappa shape index (κ1) is 17.7. The lowest BCUT2D eigenvalue weighted by Gasteiger charge is -2.07. The number of nitrogens with zero attached hydrogens (tertiary/aromatic N) is 5. The normalized spacial score (nSPS) is 11.1. The van der Waals surface area contributed by atoms with Crippen LogP contribution in [0.5, 0.6) is 0 Å². The van der Waals surface area contributed by atoms with Crippen LogP contribution < -0.4 is 5.56 Å². The molecule has 0 spiro atoms. The average molecular weight is 381 g/mol. The molecule has 0 unspecified atom stereocenters. The number of rotatable bonds is 5. The van der Waals surface area contributed by atoms with Crippen molar-refractivity contribution in [2.24, 2.45) is 0 Å². The van der Waals surface area contributed by atoms with Gasteiger partial charge in [0.05, 0.1) is 29.7 Å². The van der Waals surface area contributed by atoms with E-state index in [0.717, 1.165) is 5.56 Å². The molecule has 9 heteroatoms. The third kappa shape index (κ3) is 3.54. The molecule has 3 aromatic heterocycles. The van der Waals surface area contributed by atoms with Crippen LogP contribution >= 0.6 is 0 Å². The van der Waals surface area contributed by atoms with Gasteiger partial charge in [0.1, 0.15) is 0 Å². The summed E-state index contributed by atoms with van der Waals surface area (Å²) in [6.07, 6.45) is 1.57. The standard InChI is InChI=1S/C19H13F2N5O2/c20-16(21)18-25-24-17(28-18)13-6-7-14(23-8-13)10-26-11-22-9-15(19(26)27)12-4-2-1-3-5-12/h1-9,11,16H,10H2. The summed E-state index contributed by atoms with van der Waals surface area (Å²) in [6, 6.07) is 12.5. The molecule has 0 saturated carbocycles. The van der Waals surface area contributed by atoms with E-state index in [1.807, 2.05) is 30.3 Å². The maximum atomic E-state index is 12.7. The van der Waals surface area contributed by atoms with Crippen molar-refractivity contribution in [2.75, 3.05) is 0 Å². The van der Waals surface area contributed by atoms with Crippen LogP contribution in [0.2, 0.25) is 0 Å². The zero-order chi connectivity index (χ0) is 19.5. The molecule has 0 N–H and O–H groups in total. The van der Waals surface area contributed by atoms with E-state index in [9.17, 15) is 13.6 Å². The second kappa shape index (κ2) is 7.47. The van der Waals surface area contributed by atoms with Crippen LogP contribution in [-0.2, 0) is 6.54 Å². The summed E-state index contributed by atoms with van der Waals surface area (Å²) in [6.45, 7) is 0.207. The summed E-state index contributed by atoms with van der Waals surface area (Å²) < 4.78 is 31.4. The third-order valence-electron chi connectivity index (χ3n) is 4.02. The van der Waals surface area contributed by atoms with Crippen LogP contribution in [0.1, 0.15) is 18.0 Å². The molecular weight excluding hydrogens is 368 g/mol. The SMILES string of the molecule is O=c1c(-c2ccccc2)cncn1Cc1ccc(-c2nnc(C(F)F)o2)cn1. The highest BCUT2D eigenvalue weighted by atomic mass is 19.3. The van der Waals surface area contributed by atoms with Gasteiger partial charge in [-0.3, -0.25) is 14.3 Å². The quantitative estimate of drug-likeness (QED) is 0.527. The van der Waals surface area contributed by atoms with E-state index in [2.05, 4.69) is 20.2 Å². The summed E-state index contributed by atoms with van der Waals surface area (Å²) in [5.41, 5.74) is 2.08. The van der Waals surface area contributed by atoms with Crippen molar-refractivity contribution in [1.29, 1.82) is 0 Å². The Morgan fingerprint density at radius 2 is 1.82 bits per heavy atom. The minimum atomic E-state index is -2.83. The molecule has 4 rings (SSSR count). The number of halogens is 2. The molecule has 0 fully saturated rings. The number of hydrogen-bond donors (Lipinski definition) is 0. The van der Waals surface area contributed by atoms with E-state index < -0.39 is 12.3 Å². The Kier molecular flexibility index (Phi) is 4.71. The average Bonchev–Trinajstić information content (AvgIpc) is 3.21. The monoisotopic (exact) mass is 381 g/mol. The smallest absolute Gasteiger partial charge is 0.314 e. The van der Waals surface area contributed by atoms with Gasteiger partial charge in [-0.1, -0.05) is 30.3 Å². The molecule has 0 atom stereocenters. The molecule has 28 heavy (non-hydrogen) atoms. The largest absolute Gasteiger partial charge is 0.415 e. The summed E-state index contributed by atoms with van der Waals surface area (Å²) >= 11 is 0. The number of alkyl halides is 2. The maximum Gasteiger partial charge on any atom is 0.314 e. The summed E-state index contributed by atoms with van der Waals surface area (Å²) in [5.74, 6) is -0.784. The lowest BCUT2D eigenvalue weighted by atomic mass is 10.1. The molecule has 0 aliphatic heterocycles. The van der Waals surface area contributed by atoms with Crippen LogP contribution in [0.4, 0.5) is 8.78 Å². The second-order valence-electron chi connectivity index (χ2n) is 5.89. The lowest BCUT2D eigenvalue weighted by Crippen LogP contribution is -2.22. The van der Waals surface area contributed by atoms with Crippen molar-refractivity contribution < 1.29 is 13.2 Å². The zero-order valence-corrected chi connectivity index (χ0v) is 14.4. The molecule has 140 valence electrons. The summed E-state index contributed by atoms with van der Waals surface area (Å²) in [4.78, 5) is 21.1. The van der Waals surface area contributed by atoms with Crippen molar-refractivity contribution in [3.8, 4) is 22.6 Å². The molecular formula is C19H13F2N5O2. The molecule has 0 radical (unpaired) electrons. The Morgan fingerprint density at radius 1 is 1.00 bits per heavy atom. The molecule has 0 aliphatic rings. The number of aromatic nitrogens is 5. The Balaban J connectivity index is 1.57. The van der Waals surface area contributed by atoms with E-state index in [4.69, 9.17) is 4.42 Å². The van der Waals surface area contributed by atoms with Crippen LogP contribution in [0.3, 0.4) is 0 Å². The van der Waals surface area contributed by atoms with Gasteiger partial charge in [0.15, 0.2) is 0 Å². The van der Waals surface area contributed by atoms with Crippen molar-refractivity contribution in [2.45, 2.75) is 13.0 Å². The molecule has 3 heterocycles. The van der Waals surface area contributed by atoms with Gasteiger partial charge in [0.2, 0.25) is 5.89 Å². The third-order valence-corrected chi connectivity index (χ3v) is 4.02. The van der Waals surface area contributed by atoms with Gasteiger partial charge < -0.3 is 4.42 Å². The van der Waals surface area contributed by atoms with E-state index in [1.54, 1.807) is 12.1 Å². The fourth-order valence-electron chi connectivity index (χ4n) is 2.64. The molecule has 0 aliphatic carbocycles. The van der Waals surface area contributed by atoms with E-state index in [1.165, 1.54) is 23.3 Å². The zero-order valence-electron chi connectivity index (χ0n) is 14.4. The Hall–Kier alpha value is -3.75. The first-order valence-corrected chi connectivity index (χ1v) is 8.28. The highest BCUT2D eigenvalue weighted by molar-refractivity contribution is 5.61. The second-order valence-corrected chi connectivity index (χ2v) is 5.89. The minimum absolute atomic E-state index is 0.0424. The Labute approximate surface area is 157 Å². The first-order valence-electron chi connectivity index (χ1n) is 8.28. The van der Waals surface area contributed by atoms with Crippen molar-refractivity contribution in [1.82, 2.24) is 24.7 Å². The first-order chi connectivity index (χ1) is 13.6. The molecule has 0 bridgehead atoms. The molecule has 1 aromatic carbocycles. The van der Waals surface area contributed by atoms with Crippen molar-refractivity contribution in [3.63, 3.8) is 0 Å². The van der Waals surface area contributed by atoms with Gasteiger partial charge in [-0.2, -0.15) is 8.78 Å². The van der Waals surface area contributed by atoms with Gasteiger partial charge in [-0.05, 0) is 17.7 Å². The topological polar surface area (TPSA) is 86.7 Å². The fourth-order valence-corrected chi connectivity index (χ4v) is 2.64. The van der Waals surface area contributed by atoms with Gasteiger partial charge in [-0.15, -0.1) is 10.2 Å². The van der Waals surface area contributed by atoms with Crippen molar-refractivity contribution in [3.05, 3.63) is 83.1 Å².